The molecule has 7 nitrogen and oxygen atoms in total. The third kappa shape index (κ3) is 5.35. The van der Waals surface area contributed by atoms with Crippen molar-refractivity contribution in [1.29, 1.82) is 0 Å². The number of carboxylic acids is 1. The lowest BCUT2D eigenvalue weighted by Gasteiger charge is -2.40. The molecule has 0 atom stereocenters. The minimum absolute atomic E-state index is 0.0918. The highest BCUT2D eigenvalue weighted by Crippen LogP contribution is 2.52. The number of rotatable bonds is 4. The fraction of sp³-hybridized carbons (Fsp3) is 0.429. The summed E-state index contributed by atoms with van der Waals surface area (Å²) in [6.45, 7) is 7.74. The van der Waals surface area contributed by atoms with Crippen LogP contribution < -0.4 is 10.0 Å². The molecule has 2 aromatic carbocycles. The van der Waals surface area contributed by atoms with Gasteiger partial charge in [-0.25, -0.2) is 17.7 Å². The van der Waals surface area contributed by atoms with Gasteiger partial charge in [0, 0.05) is 70.8 Å². The second-order valence-corrected chi connectivity index (χ2v) is 12.8. The molecule has 10 heteroatoms. The summed E-state index contributed by atoms with van der Waals surface area (Å²) in [4.78, 5) is 17.2. The number of nitrogens with zero attached hydrogens (tertiary/aromatic N) is 5. The Morgan fingerprint density at radius 3 is 2.27 bits per heavy atom. The number of carbonyl (C=O) groups excluding carboxylic acids is 1. The molecule has 0 aromatic heterocycles. The van der Waals surface area contributed by atoms with Crippen LogP contribution in [-0.2, 0) is 5.41 Å². The summed E-state index contributed by atoms with van der Waals surface area (Å²) < 4.78 is 49.0. The third-order valence-corrected chi connectivity index (χ3v) is 9.73. The number of allylic oxidation sites excluding steroid dienone is 5. The molecule has 234 valence electrons. The van der Waals surface area contributed by atoms with Crippen molar-refractivity contribution in [2.75, 3.05) is 31.1 Å². The van der Waals surface area contributed by atoms with E-state index in [2.05, 4.69) is 45.5 Å². The maximum Gasteiger partial charge on any atom is 0.200 e. The average molecular weight is 616 g/mol. The van der Waals surface area contributed by atoms with Crippen molar-refractivity contribution in [2.45, 2.75) is 70.6 Å². The minimum atomic E-state index is -2.07. The van der Waals surface area contributed by atoms with Gasteiger partial charge in [0.25, 0.3) is 0 Å². The van der Waals surface area contributed by atoms with Gasteiger partial charge in [-0.05, 0) is 71.7 Å². The number of halogens is 3. The first-order valence-electron chi connectivity index (χ1n) is 15.8. The quantitative estimate of drug-likeness (QED) is 0.118. The van der Waals surface area contributed by atoms with E-state index in [0.717, 1.165) is 100 Å². The van der Waals surface area contributed by atoms with Crippen LogP contribution in [0, 0.1) is 17.5 Å². The number of fused-ring (bicyclic) bond motifs is 2. The summed E-state index contributed by atoms with van der Waals surface area (Å²) >= 11 is 0. The van der Waals surface area contributed by atoms with E-state index in [1.165, 1.54) is 0 Å². The van der Waals surface area contributed by atoms with Gasteiger partial charge >= 0.3 is 0 Å². The summed E-state index contributed by atoms with van der Waals surface area (Å²) in [7, 11) is 0. The SMILES string of the molecule is CC1(C)C2=CC(=[N+]3CCCCCC3)C=CC2=C(c2c(F)c(N=[N+]=[N-])c(F)c(F)c2C(=O)[O-])c2ccc(N3CCCCCC3)cc21. The van der Waals surface area contributed by atoms with Gasteiger partial charge in [-0.3, -0.25) is 0 Å². The van der Waals surface area contributed by atoms with Crippen LogP contribution in [0.5, 0.6) is 0 Å². The molecular formula is C35H36F3N5O2. The number of anilines is 1. The first-order chi connectivity index (χ1) is 21.6. The molecule has 0 amide bonds. The van der Waals surface area contributed by atoms with Gasteiger partial charge in [-0.15, -0.1) is 0 Å². The van der Waals surface area contributed by atoms with Crippen molar-refractivity contribution in [1.82, 2.24) is 0 Å². The Morgan fingerprint density at radius 1 is 0.956 bits per heavy atom. The first-order valence-corrected chi connectivity index (χ1v) is 15.8. The number of carbonyl (C=O) groups is 1. The fourth-order valence-corrected chi connectivity index (χ4v) is 7.35. The van der Waals surface area contributed by atoms with Crippen LogP contribution in [-0.4, -0.2) is 42.4 Å². The Bertz CT molecular complexity index is 1750. The zero-order valence-corrected chi connectivity index (χ0v) is 25.6. The predicted octanol–water partition coefficient (Wildman–Crippen LogP) is 7.41. The molecule has 0 unspecified atom stereocenters. The average Bonchev–Trinajstić information content (AvgIpc) is 3.48. The molecule has 45 heavy (non-hydrogen) atoms. The van der Waals surface area contributed by atoms with Crippen LogP contribution in [0.3, 0.4) is 0 Å². The van der Waals surface area contributed by atoms with E-state index in [1.807, 2.05) is 24.3 Å². The predicted molar refractivity (Wildman–Crippen MR) is 166 cm³/mol. The van der Waals surface area contributed by atoms with Crippen molar-refractivity contribution >= 4 is 28.6 Å². The fourth-order valence-electron chi connectivity index (χ4n) is 7.35. The van der Waals surface area contributed by atoms with Crippen LogP contribution in [0.4, 0.5) is 24.5 Å². The summed E-state index contributed by atoms with van der Waals surface area (Å²) in [6, 6.07) is 5.79. The lowest BCUT2D eigenvalue weighted by atomic mass is 9.64. The van der Waals surface area contributed by atoms with Gasteiger partial charge in [0.2, 0.25) is 0 Å². The number of azide groups is 1. The van der Waals surface area contributed by atoms with Crippen LogP contribution in [0.1, 0.15) is 92.3 Å². The maximum absolute atomic E-state index is 16.3. The second-order valence-electron chi connectivity index (χ2n) is 12.8. The lowest BCUT2D eigenvalue weighted by molar-refractivity contribution is -0.524. The summed E-state index contributed by atoms with van der Waals surface area (Å²) in [5.74, 6) is -7.24. The Labute approximate surface area is 260 Å². The van der Waals surface area contributed by atoms with E-state index in [0.29, 0.717) is 11.1 Å². The lowest BCUT2D eigenvalue weighted by Crippen LogP contribution is -2.33. The highest BCUT2D eigenvalue weighted by Gasteiger charge is 2.41. The van der Waals surface area contributed by atoms with E-state index < -0.39 is 45.7 Å². The summed E-state index contributed by atoms with van der Waals surface area (Å²) in [5, 5.41) is 15.5. The molecular weight excluding hydrogens is 579 g/mol. The number of carboxylic acid groups (broad SMARTS) is 1. The van der Waals surface area contributed by atoms with Gasteiger partial charge in [-0.1, -0.05) is 37.9 Å². The summed E-state index contributed by atoms with van der Waals surface area (Å²) in [6.07, 6.45) is 14.7. The van der Waals surface area contributed by atoms with Crippen molar-refractivity contribution in [2.24, 2.45) is 5.11 Å². The molecule has 2 aliphatic heterocycles. The van der Waals surface area contributed by atoms with E-state index in [1.54, 1.807) is 0 Å². The molecule has 6 rings (SSSR count). The van der Waals surface area contributed by atoms with Crippen molar-refractivity contribution in [3.63, 3.8) is 0 Å². The third-order valence-electron chi connectivity index (χ3n) is 9.73. The monoisotopic (exact) mass is 615 g/mol. The maximum atomic E-state index is 16.3. The van der Waals surface area contributed by atoms with E-state index >= 15 is 8.78 Å². The van der Waals surface area contributed by atoms with Gasteiger partial charge in [0.15, 0.2) is 17.3 Å². The molecule has 0 N–H and O–H groups in total. The molecule has 0 radical (unpaired) electrons. The number of aromatic carboxylic acids is 1. The van der Waals surface area contributed by atoms with Crippen molar-refractivity contribution in [3.05, 3.63) is 97.7 Å². The molecule has 2 aromatic rings. The van der Waals surface area contributed by atoms with E-state index in [4.69, 9.17) is 5.53 Å². The summed E-state index contributed by atoms with van der Waals surface area (Å²) in [5.41, 5.74) is 9.92. The van der Waals surface area contributed by atoms with Gasteiger partial charge in [0.05, 0.1) is 5.97 Å². The van der Waals surface area contributed by atoms with Gasteiger partial charge in [0.1, 0.15) is 24.6 Å². The Hall–Kier alpha value is -4.30. The highest BCUT2D eigenvalue weighted by molar-refractivity contribution is 6.08. The van der Waals surface area contributed by atoms with E-state index in [9.17, 15) is 14.3 Å². The molecule has 4 aliphatic rings. The van der Waals surface area contributed by atoms with Crippen LogP contribution in [0.2, 0.25) is 0 Å². The standard InChI is InChI=1S/C35H36F3N5O2/c1-35(2)25-19-21(42-15-7-3-4-8-16-42)11-13-23(25)27(24-14-12-22(20-26(24)35)43-17-9-5-6-10-18-43)28-29(34(44)45)30(36)32(38)33(31(28)37)40-41-39/h11-14,19-20H,3-10,15-18H2,1-2H3. The Balaban J connectivity index is 1.68. The van der Waals surface area contributed by atoms with Gasteiger partial charge < -0.3 is 14.8 Å². The number of hydrogen-bond donors (Lipinski definition) is 0. The molecule has 0 spiro atoms. The zero-order valence-electron chi connectivity index (χ0n) is 25.6. The van der Waals surface area contributed by atoms with E-state index in [-0.39, 0.29) is 5.57 Å². The normalized spacial score (nSPS) is 19.7. The highest BCUT2D eigenvalue weighted by atomic mass is 19.2. The Morgan fingerprint density at radius 2 is 1.62 bits per heavy atom. The first kappa shape index (κ1) is 30.7. The van der Waals surface area contributed by atoms with Crippen LogP contribution in [0.15, 0.2) is 52.7 Å². The largest absolute Gasteiger partial charge is 0.545 e. The second kappa shape index (κ2) is 12.2. The molecule has 2 saturated heterocycles. The number of benzene rings is 2. The smallest absolute Gasteiger partial charge is 0.200 e. The molecule has 2 fully saturated rings. The van der Waals surface area contributed by atoms with Crippen LogP contribution >= 0.6 is 0 Å². The zero-order chi connectivity index (χ0) is 31.9. The molecule has 0 saturated carbocycles. The van der Waals surface area contributed by atoms with Crippen molar-refractivity contribution in [3.8, 4) is 0 Å². The molecule has 0 bridgehead atoms. The topological polar surface area (TPSA) is 95.1 Å². The van der Waals surface area contributed by atoms with Crippen LogP contribution in [0.25, 0.3) is 16.0 Å². The van der Waals surface area contributed by atoms with Crippen molar-refractivity contribution < 1.29 is 27.6 Å². The minimum Gasteiger partial charge on any atom is -0.545 e. The number of hydrogen-bond acceptors (Lipinski definition) is 4. The van der Waals surface area contributed by atoms with Gasteiger partial charge in [-0.2, -0.15) is 0 Å². The Kier molecular flexibility index (Phi) is 8.35. The molecule has 2 heterocycles. The molecule has 2 aliphatic carbocycles.